The van der Waals surface area contributed by atoms with Crippen LogP contribution in [0.3, 0.4) is 0 Å². The number of benzene rings is 2. The van der Waals surface area contributed by atoms with Crippen molar-refractivity contribution in [3.05, 3.63) is 77.6 Å². The van der Waals surface area contributed by atoms with Crippen molar-refractivity contribution >= 4 is 34.3 Å². The number of anilines is 2. The predicted octanol–water partition coefficient (Wildman–Crippen LogP) is 4.28. The minimum atomic E-state index is -0.580. The van der Waals surface area contributed by atoms with Gasteiger partial charge in [0.25, 0.3) is 0 Å². The molecule has 204 valence electrons. The molecular weight excluding hydrogens is 500 g/mol. The monoisotopic (exact) mass is 532 g/mol. The number of hydrogen-bond donors (Lipinski definition) is 2. The van der Waals surface area contributed by atoms with Crippen molar-refractivity contribution in [2.75, 3.05) is 45.7 Å². The molecule has 0 aliphatic rings. The summed E-state index contributed by atoms with van der Waals surface area (Å²) in [5.41, 5.74) is 3.92. The summed E-state index contributed by atoms with van der Waals surface area (Å²) in [6.07, 6.45) is 2.32. The zero-order chi connectivity index (χ0) is 27.8. The van der Waals surface area contributed by atoms with E-state index in [0.717, 1.165) is 28.3 Å². The summed E-state index contributed by atoms with van der Waals surface area (Å²) >= 11 is 0. The number of aryl methyl sites for hydroxylation is 2. The topological polar surface area (TPSA) is 113 Å². The number of carbonyl (C=O) groups excluding carboxylic acids is 2. The Morgan fingerprint density at radius 2 is 1.54 bits per heavy atom. The lowest BCUT2D eigenvalue weighted by Crippen LogP contribution is -2.20. The highest BCUT2D eigenvalue weighted by Crippen LogP contribution is 2.33. The van der Waals surface area contributed by atoms with Crippen molar-refractivity contribution in [3.63, 3.8) is 0 Å². The Labute approximate surface area is 226 Å². The lowest BCUT2D eigenvalue weighted by Gasteiger charge is -2.11. The second-order valence-electron chi connectivity index (χ2n) is 8.74. The van der Waals surface area contributed by atoms with Crippen LogP contribution in [0.15, 0.2) is 60.8 Å². The number of amides is 1. The molecule has 4 aromatic rings. The third kappa shape index (κ3) is 6.47. The maximum Gasteiger partial charge on any atom is 0.356 e. The van der Waals surface area contributed by atoms with E-state index in [4.69, 9.17) is 18.9 Å². The van der Waals surface area contributed by atoms with Crippen molar-refractivity contribution in [3.8, 4) is 11.5 Å². The Bertz CT molecular complexity index is 1430. The van der Waals surface area contributed by atoms with Crippen LogP contribution in [0.4, 0.5) is 11.4 Å². The molecule has 2 aromatic carbocycles. The van der Waals surface area contributed by atoms with Crippen LogP contribution in [0.1, 0.15) is 21.6 Å². The summed E-state index contributed by atoms with van der Waals surface area (Å²) < 4.78 is 22.4. The highest BCUT2D eigenvalue weighted by atomic mass is 16.5. The summed E-state index contributed by atoms with van der Waals surface area (Å²) in [5.74, 6) is 0.570. The molecular formula is C29H32N4O6. The number of esters is 1. The normalized spacial score (nSPS) is 10.8. The van der Waals surface area contributed by atoms with E-state index in [1.807, 2.05) is 54.6 Å². The van der Waals surface area contributed by atoms with Gasteiger partial charge in [-0.15, -0.1) is 0 Å². The molecule has 1 amide bonds. The quantitative estimate of drug-likeness (QED) is 0.260. The number of methoxy groups -OCH3 is 4. The Balaban J connectivity index is 1.70. The van der Waals surface area contributed by atoms with Gasteiger partial charge in [0.2, 0.25) is 5.91 Å². The molecule has 10 nitrogen and oxygen atoms in total. The molecule has 0 radical (unpaired) electrons. The fourth-order valence-corrected chi connectivity index (χ4v) is 4.26. The first-order valence-corrected chi connectivity index (χ1v) is 12.4. The van der Waals surface area contributed by atoms with Crippen LogP contribution >= 0.6 is 0 Å². The molecule has 0 saturated carbocycles. The lowest BCUT2D eigenvalue weighted by molar-refractivity contribution is -0.119. The molecule has 0 saturated heterocycles. The molecule has 0 aliphatic heterocycles. The summed E-state index contributed by atoms with van der Waals surface area (Å²) in [4.78, 5) is 30.3. The van der Waals surface area contributed by atoms with Gasteiger partial charge in [-0.3, -0.25) is 4.79 Å². The molecule has 10 heteroatoms. The maximum absolute atomic E-state index is 13.0. The van der Waals surface area contributed by atoms with Crippen LogP contribution in [0, 0.1) is 0 Å². The molecule has 4 rings (SSSR count). The van der Waals surface area contributed by atoms with Crippen LogP contribution in [0.5, 0.6) is 11.5 Å². The zero-order valence-corrected chi connectivity index (χ0v) is 22.4. The van der Waals surface area contributed by atoms with Crippen LogP contribution in [0.25, 0.3) is 11.0 Å². The summed E-state index contributed by atoms with van der Waals surface area (Å²) in [6.45, 7) is 0.811. The van der Waals surface area contributed by atoms with Gasteiger partial charge in [0, 0.05) is 25.6 Å². The van der Waals surface area contributed by atoms with Crippen LogP contribution < -0.4 is 20.1 Å². The van der Waals surface area contributed by atoms with Crippen molar-refractivity contribution < 1.29 is 28.5 Å². The van der Waals surface area contributed by atoms with E-state index in [-0.39, 0.29) is 12.3 Å². The number of ether oxygens (including phenoxy) is 4. The van der Waals surface area contributed by atoms with Crippen molar-refractivity contribution in [2.45, 2.75) is 19.5 Å². The number of aromatic nitrogens is 2. The van der Waals surface area contributed by atoms with Crippen LogP contribution in [-0.4, -0.2) is 56.5 Å². The third-order valence-electron chi connectivity index (χ3n) is 6.26. The van der Waals surface area contributed by atoms with Gasteiger partial charge in [-0.1, -0.05) is 24.3 Å². The smallest absolute Gasteiger partial charge is 0.356 e. The van der Waals surface area contributed by atoms with Crippen molar-refractivity contribution in [1.82, 2.24) is 9.55 Å². The van der Waals surface area contributed by atoms with Gasteiger partial charge in [-0.25, -0.2) is 9.78 Å². The van der Waals surface area contributed by atoms with Gasteiger partial charge in [0.05, 0.1) is 38.9 Å². The summed E-state index contributed by atoms with van der Waals surface area (Å²) in [6, 6.07) is 17.3. The number of pyridine rings is 1. The van der Waals surface area contributed by atoms with Gasteiger partial charge in [0.15, 0.2) is 5.69 Å². The first kappa shape index (κ1) is 27.5. The highest BCUT2D eigenvalue weighted by molar-refractivity contribution is 6.11. The largest absolute Gasteiger partial charge is 0.497 e. The van der Waals surface area contributed by atoms with E-state index in [2.05, 4.69) is 15.6 Å². The summed E-state index contributed by atoms with van der Waals surface area (Å²) in [5, 5.41) is 6.80. The van der Waals surface area contributed by atoms with Gasteiger partial charge in [-0.05, 0) is 47.9 Å². The fraction of sp³-hybridized carbons (Fsp3) is 0.276. The Morgan fingerprint density at radius 1 is 0.897 bits per heavy atom. The molecule has 2 aromatic heterocycles. The average molecular weight is 533 g/mol. The zero-order valence-electron chi connectivity index (χ0n) is 22.4. The minimum Gasteiger partial charge on any atom is -0.497 e. The van der Waals surface area contributed by atoms with E-state index >= 15 is 0 Å². The van der Waals surface area contributed by atoms with E-state index in [0.29, 0.717) is 36.2 Å². The molecule has 0 unspecified atom stereocenters. The first-order valence-electron chi connectivity index (χ1n) is 12.4. The van der Waals surface area contributed by atoms with Gasteiger partial charge in [0.1, 0.15) is 23.8 Å². The predicted molar refractivity (Wildman–Crippen MR) is 149 cm³/mol. The molecule has 39 heavy (non-hydrogen) atoms. The summed E-state index contributed by atoms with van der Waals surface area (Å²) in [7, 11) is 5.99. The van der Waals surface area contributed by atoms with Crippen LogP contribution in [0.2, 0.25) is 0 Å². The number of carbonyl (C=O) groups is 2. The number of rotatable bonds is 12. The second-order valence-corrected chi connectivity index (χ2v) is 8.74. The standard InChI is InChI=1S/C29H32N4O6/c1-36-18-25(34)32-26-24-15-21(30-16-20-7-11-23(38-3)12-8-20)17-31-28(24)33(27(26)29(35)39-4)14-13-19-5-9-22(37-2)10-6-19/h5-12,15,17,30H,13-14,16,18H2,1-4H3,(H,32,34). The van der Waals surface area contributed by atoms with Crippen LogP contribution in [-0.2, 0) is 33.8 Å². The van der Waals surface area contributed by atoms with E-state index in [9.17, 15) is 9.59 Å². The number of fused-ring (bicyclic) bond motifs is 1. The average Bonchev–Trinajstić information content (AvgIpc) is 3.27. The van der Waals surface area contributed by atoms with Gasteiger partial charge < -0.3 is 34.1 Å². The molecule has 0 spiro atoms. The Kier molecular flexibility index (Phi) is 9.01. The molecule has 0 aliphatic carbocycles. The number of nitrogens with zero attached hydrogens (tertiary/aromatic N) is 2. The van der Waals surface area contributed by atoms with Crippen molar-refractivity contribution in [1.29, 1.82) is 0 Å². The molecule has 2 heterocycles. The van der Waals surface area contributed by atoms with Gasteiger partial charge in [-0.2, -0.15) is 0 Å². The first-order chi connectivity index (χ1) is 19.0. The molecule has 0 bridgehead atoms. The minimum absolute atomic E-state index is 0.165. The molecule has 0 atom stereocenters. The lowest BCUT2D eigenvalue weighted by atomic mass is 10.1. The Hall–Kier alpha value is -4.57. The highest BCUT2D eigenvalue weighted by Gasteiger charge is 2.26. The van der Waals surface area contributed by atoms with Gasteiger partial charge >= 0.3 is 5.97 Å². The van der Waals surface area contributed by atoms with E-state index in [1.54, 1.807) is 25.0 Å². The fourth-order valence-electron chi connectivity index (χ4n) is 4.26. The Morgan fingerprint density at radius 3 is 2.13 bits per heavy atom. The van der Waals surface area contributed by atoms with Crippen molar-refractivity contribution in [2.24, 2.45) is 0 Å². The number of nitrogens with one attached hydrogen (secondary N) is 2. The maximum atomic E-state index is 13.0. The van der Waals surface area contributed by atoms with E-state index < -0.39 is 11.9 Å². The molecule has 0 fully saturated rings. The SMILES string of the molecule is COCC(=O)Nc1c(C(=O)OC)n(CCc2ccc(OC)cc2)c2ncc(NCc3ccc(OC)cc3)cc12. The second kappa shape index (κ2) is 12.8. The van der Waals surface area contributed by atoms with E-state index in [1.165, 1.54) is 14.2 Å². The third-order valence-corrected chi connectivity index (χ3v) is 6.26. The number of hydrogen-bond acceptors (Lipinski definition) is 8. The molecule has 2 N–H and O–H groups in total.